The lowest BCUT2D eigenvalue weighted by Crippen LogP contribution is -2.43. The minimum atomic E-state index is -0.587. The molecule has 1 spiro atoms. The highest BCUT2D eigenvalue weighted by Crippen LogP contribution is 2.57. The summed E-state index contributed by atoms with van der Waals surface area (Å²) >= 11 is 0. The topological polar surface area (TPSA) is 21.2 Å². The summed E-state index contributed by atoms with van der Waals surface area (Å²) in [4.78, 5) is 5.66. The molecule has 1 aliphatic heterocycles. The third-order valence-electron chi connectivity index (χ3n) is 10.9. The van der Waals surface area contributed by atoms with Crippen molar-refractivity contribution in [1.29, 1.82) is 0 Å². The van der Waals surface area contributed by atoms with Gasteiger partial charge in [-0.15, -0.1) is 4.52 Å². The van der Waals surface area contributed by atoms with Gasteiger partial charge in [-0.3, -0.25) is 4.98 Å². The summed E-state index contributed by atoms with van der Waals surface area (Å²) in [6, 6.07) is 36.9. The van der Waals surface area contributed by atoms with Crippen molar-refractivity contribution < 1.29 is 4.68 Å². The molecule has 2 aliphatic carbocycles. The second-order valence-corrected chi connectivity index (χ2v) is 16.0. The lowest BCUT2D eigenvalue weighted by Gasteiger charge is -2.33. The van der Waals surface area contributed by atoms with Crippen molar-refractivity contribution >= 4 is 22.0 Å². The van der Waals surface area contributed by atoms with Crippen molar-refractivity contribution in [2.45, 2.75) is 71.1 Å². The van der Waals surface area contributed by atoms with Crippen LogP contribution in [-0.2, 0) is 16.2 Å². The zero-order valence-corrected chi connectivity index (χ0v) is 28.5. The zero-order valence-electron chi connectivity index (χ0n) is 28.5. The Kier molecular flexibility index (Phi) is 5.70. The first-order chi connectivity index (χ1) is 22.5. The van der Waals surface area contributed by atoms with Gasteiger partial charge in [0.25, 0.3) is 0 Å². The quantitative estimate of drug-likeness (QED) is 0.156. The zero-order chi connectivity index (χ0) is 32.5. The average Bonchev–Trinajstić information content (AvgIpc) is 3.54. The summed E-state index contributed by atoms with van der Waals surface area (Å²) in [5, 5.41) is 1.26. The number of benzene rings is 3. The van der Waals surface area contributed by atoms with Crippen LogP contribution < -0.4 is 4.68 Å². The van der Waals surface area contributed by atoms with E-state index in [0.717, 1.165) is 29.1 Å². The fourth-order valence-electron chi connectivity index (χ4n) is 8.49. The molecule has 9 rings (SSSR count). The highest BCUT2D eigenvalue weighted by molar-refractivity contribution is 5.94. The molecule has 3 aromatic heterocycles. The second kappa shape index (κ2) is 9.41. The number of fused-ring (bicyclic) bond motifs is 14. The minimum Gasteiger partial charge on any atom is -0.251 e. The Morgan fingerprint density at radius 1 is 0.766 bits per heavy atom. The molecule has 3 heteroatoms. The molecule has 3 aromatic carbocycles. The molecule has 4 heterocycles. The van der Waals surface area contributed by atoms with Crippen molar-refractivity contribution in [1.82, 2.24) is 9.50 Å². The summed E-state index contributed by atoms with van der Waals surface area (Å²) in [7, 11) is 0. The maximum Gasteiger partial charge on any atom is 0.246 e. The molecule has 0 N–H and O–H groups in total. The summed E-state index contributed by atoms with van der Waals surface area (Å²) in [6.45, 7) is 16.2. The van der Waals surface area contributed by atoms with E-state index in [2.05, 4.69) is 167 Å². The third-order valence-corrected chi connectivity index (χ3v) is 10.9. The predicted octanol–water partition coefficient (Wildman–Crippen LogP) is 10.0. The van der Waals surface area contributed by atoms with Gasteiger partial charge >= 0.3 is 0 Å². The molecule has 2 bridgehead atoms. The minimum absolute atomic E-state index is 0.0100. The molecule has 0 saturated heterocycles. The summed E-state index contributed by atoms with van der Waals surface area (Å²) in [5.41, 5.74) is 15.6. The lowest BCUT2D eigenvalue weighted by molar-refractivity contribution is -0.642. The smallest absolute Gasteiger partial charge is 0.246 e. The molecular weight excluding hydrogens is 571 g/mol. The van der Waals surface area contributed by atoms with Gasteiger partial charge in [0, 0.05) is 12.1 Å². The predicted molar refractivity (Wildman–Crippen MR) is 193 cm³/mol. The summed E-state index contributed by atoms with van der Waals surface area (Å²) < 4.78 is 5.06. The van der Waals surface area contributed by atoms with Gasteiger partial charge in [-0.25, -0.2) is 0 Å². The van der Waals surface area contributed by atoms with Gasteiger partial charge in [-0.1, -0.05) is 114 Å². The SMILES string of the molecule is CC1C=CC2=C(C1)c1ccccc1C21c2cccc(n2)-c2ccc(C(C)(C)C)cc2-[n+]2c3cc(C(C)(C)C)ccc3c3cccc1n32. The van der Waals surface area contributed by atoms with Crippen LogP contribution in [-0.4, -0.2) is 9.50 Å². The van der Waals surface area contributed by atoms with Crippen LogP contribution in [0.1, 0.15) is 88.5 Å². The van der Waals surface area contributed by atoms with Gasteiger partial charge in [0.15, 0.2) is 0 Å². The Hall–Kier alpha value is -4.76. The van der Waals surface area contributed by atoms with E-state index in [1.54, 1.807) is 0 Å². The van der Waals surface area contributed by atoms with Crippen LogP contribution >= 0.6 is 0 Å². The van der Waals surface area contributed by atoms with E-state index < -0.39 is 5.41 Å². The number of nitrogens with zero attached hydrogens (tertiary/aromatic N) is 3. The van der Waals surface area contributed by atoms with Crippen molar-refractivity contribution in [3.05, 3.63) is 148 Å². The Balaban J connectivity index is 1.55. The monoisotopic (exact) mass is 612 g/mol. The van der Waals surface area contributed by atoms with Gasteiger partial charge in [0.05, 0.1) is 22.3 Å². The highest BCUT2D eigenvalue weighted by Gasteiger charge is 2.52. The van der Waals surface area contributed by atoms with Crippen molar-refractivity contribution in [2.24, 2.45) is 5.92 Å². The third kappa shape index (κ3) is 3.80. The van der Waals surface area contributed by atoms with Crippen molar-refractivity contribution in [2.75, 3.05) is 0 Å². The maximum atomic E-state index is 5.66. The van der Waals surface area contributed by atoms with Gasteiger partial charge in [-0.05, 0) is 93.0 Å². The summed E-state index contributed by atoms with van der Waals surface area (Å²) in [6.07, 6.45) is 5.85. The van der Waals surface area contributed by atoms with Crippen molar-refractivity contribution in [3.63, 3.8) is 0 Å². The van der Waals surface area contributed by atoms with Crippen LogP contribution in [0.25, 0.3) is 38.9 Å². The maximum absolute atomic E-state index is 5.66. The van der Waals surface area contributed by atoms with Crippen LogP contribution in [0, 0.1) is 5.92 Å². The van der Waals surface area contributed by atoms with E-state index in [0.29, 0.717) is 5.92 Å². The standard InChI is InChI=1S/C44H42N3/c1-27-18-23-35-33(24-27)30-12-8-9-13-34(30)44(35)40-16-10-14-36(45-40)31-21-19-28(42(2,3)4)25-38(31)46-39-26-29(43(5,6)7)20-22-32(39)37-15-11-17-41(44)47(37)46/h8-23,25-27H,24H2,1-7H3/q+1. The van der Waals surface area contributed by atoms with Gasteiger partial charge in [0.1, 0.15) is 16.6 Å². The molecule has 2 atom stereocenters. The fraction of sp³-hybridized carbons (Fsp3) is 0.273. The van der Waals surface area contributed by atoms with E-state index in [9.17, 15) is 0 Å². The fourth-order valence-corrected chi connectivity index (χ4v) is 8.49. The summed E-state index contributed by atoms with van der Waals surface area (Å²) in [5.74, 6) is 0.485. The molecule has 0 radical (unpaired) electrons. The molecule has 232 valence electrons. The molecule has 47 heavy (non-hydrogen) atoms. The van der Waals surface area contributed by atoms with Crippen LogP contribution in [0.4, 0.5) is 0 Å². The number of allylic oxidation sites excluding steroid dienone is 4. The second-order valence-electron chi connectivity index (χ2n) is 16.0. The first-order valence-electron chi connectivity index (χ1n) is 17.1. The first-order valence-corrected chi connectivity index (χ1v) is 17.1. The molecular formula is C44H42N3+. The normalized spacial score (nSPS) is 19.9. The van der Waals surface area contributed by atoms with E-state index >= 15 is 0 Å². The van der Waals surface area contributed by atoms with Crippen LogP contribution in [0.5, 0.6) is 0 Å². The Labute approximate surface area is 277 Å². The largest absolute Gasteiger partial charge is 0.251 e. The van der Waals surface area contributed by atoms with Gasteiger partial charge < -0.3 is 0 Å². The number of hydrogen-bond donors (Lipinski definition) is 0. The van der Waals surface area contributed by atoms with Crippen molar-refractivity contribution in [3.8, 4) is 16.9 Å². The van der Waals surface area contributed by atoms with E-state index in [1.165, 1.54) is 55.5 Å². The molecule has 0 fully saturated rings. The number of aromatic nitrogens is 3. The first kappa shape index (κ1) is 28.5. The highest BCUT2D eigenvalue weighted by atomic mass is 15.4. The van der Waals surface area contributed by atoms with Crippen LogP contribution in [0.2, 0.25) is 0 Å². The van der Waals surface area contributed by atoms with Crippen LogP contribution in [0.3, 0.4) is 0 Å². The number of rotatable bonds is 0. The Bertz CT molecular complexity index is 2370. The molecule has 0 amide bonds. The van der Waals surface area contributed by atoms with Gasteiger partial charge in [-0.2, -0.15) is 0 Å². The number of hydrogen-bond acceptors (Lipinski definition) is 1. The molecule has 6 aromatic rings. The molecule has 2 unspecified atom stereocenters. The van der Waals surface area contributed by atoms with E-state index in [1.807, 2.05) is 0 Å². The number of pyridine rings is 2. The van der Waals surface area contributed by atoms with E-state index in [-0.39, 0.29) is 10.8 Å². The lowest BCUT2D eigenvalue weighted by atomic mass is 9.70. The van der Waals surface area contributed by atoms with E-state index in [4.69, 9.17) is 4.98 Å². The molecule has 3 nitrogen and oxygen atoms in total. The Morgan fingerprint density at radius 3 is 2.32 bits per heavy atom. The van der Waals surface area contributed by atoms with Crippen LogP contribution in [0.15, 0.2) is 115 Å². The molecule has 0 saturated carbocycles. The average molecular weight is 613 g/mol. The molecule has 3 aliphatic rings. The Morgan fingerprint density at radius 2 is 1.51 bits per heavy atom. The van der Waals surface area contributed by atoms with Gasteiger partial charge in [0.2, 0.25) is 11.2 Å².